The minimum Gasteiger partial charge on any atom is -0.368 e. The first-order valence-electron chi connectivity index (χ1n) is 10.6. The zero-order chi connectivity index (χ0) is 20.8. The molecule has 8 heteroatoms. The molecule has 1 aliphatic heterocycles. The molecule has 1 aliphatic carbocycles. The Bertz CT molecular complexity index is 1230. The van der Waals surface area contributed by atoms with Crippen molar-refractivity contribution >= 4 is 33.9 Å². The van der Waals surface area contributed by atoms with Gasteiger partial charge in [0.05, 0.1) is 0 Å². The number of anilines is 2. The number of fused-ring (bicyclic) bond motifs is 1. The molecule has 31 heavy (non-hydrogen) atoms. The normalized spacial score (nSPS) is 16.8. The number of nitrogens with zero attached hydrogens (tertiary/aromatic N) is 6. The van der Waals surface area contributed by atoms with Crippen molar-refractivity contribution in [3.05, 3.63) is 59.4 Å². The topological polar surface area (TPSA) is 71.2 Å². The molecule has 156 valence electrons. The maximum absolute atomic E-state index is 6.03. The molecule has 2 aromatic heterocycles. The molecule has 0 N–H and O–H groups in total. The second-order valence-corrected chi connectivity index (χ2v) is 8.54. The van der Waals surface area contributed by atoms with E-state index in [9.17, 15) is 0 Å². The summed E-state index contributed by atoms with van der Waals surface area (Å²) in [6, 6.07) is 16.2. The van der Waals surface area contributed by atoms with Gasteiger partial charge in [0.15, 0.2) is 17.3 Å². The Morgan fingerprint density at radius 2 is 1.55 bits per heavy atom. The van der Waals surface area contributed by atoms with E-state index in [1.54, 1.807) is 0 Å². The van der Waals surface area contributed by atoms with Crippen LogP contribution in [0.25, 0.3) is 22.4 Å². The van der Waals surface area contributed by atoms with Gasteiger partial charge in [-0.25, -0.2) is 0 Å². The van der Waals surface area contributed by atoms with E-state index in [0.717, 1.165) is 66.5 Å². The van der Waals surface area contributed by atoms with E-state index in [4.69, 9.17) is 16.1 Å². The highest BCUT2D eigenvalue weighted by molar-refractivity contribution is 6.30. The highest BCUT2D eigenvalue weighted by atomic mass is 35.5. The van der Waals surface area contributed by atoms with Crippen LogP contribution >= 0.6 is 11.6 Å². The van der Waals surface area contributed by atoms with Crippen molar-refractivity contribution in [2.75, 3.05) is 36.0 Å². The van der Waals surface area contributed by atoms with Gasteiger partial charge < -0.3 is 14.3 Å². The molecule has 0 amide bonds. The predicted molar refractivity (Wildman–Crippen MR) is 121 cm³/mol. The minimum atomic E-state index is 0.438. The third-order valence-electron chi connectivity index (χ3n) is 6.03. The Kier molecular flexibility index (Phi) is 4.49. The Hall–Kier alpha value is -3.19. The van der Waals surface area contributed by atoms with Crippen LogP contribution in [0.1, 0.15) is 24.6 Å². The number of piperazine rings is 1. The van der Waals surface area contributed by atoms with E-state index in [2.05, 4.69) is 48.3 Å². The average molecular weight is 433 g/mol. The standard InChI is InChI=1S/C23H21ClN6O/c24-16-7-9-17(10-8-16)29-11-13-30(14-12-29)22-19-4-2-1-3-18(19)20(26-27-22)23-25-21(28-31-23)15-5-6-15/h1-4,7-10,15H,5-6,11-14H2. The number of aromatic nitrogens is 4. The van der Waals surface area contributed by atoms with Crippen molar-refractivity contribution < 1.29 is 4.52 Å². The lowest BCUT2D eigenvalue weighted by Crippen LogP contribution is -2.47. The van der Waals surface area contributed by atoms with Gasteiger partial charge in [0.2, 0.25) is 0 Å². The van der Waals surface area contributed by atoms with Crippen LogP contribution < -0.4 is 9.80 Å². The van der Waals surface area contributed by atoms with Gasteiger partial charge in [-0.15, -0.1) is 10.2 Å². The van der Waals surface area contributed by atoms with Crippen LogP contribution in [0.15, 0.2) is 53.1 Å². The largest absolute Gasteiger partial charge is 0.368 e. The molecule has 0 bridgehead atoms. The van der Waals surface area contributed by atoms with Crippen molar-refractivity contribution in [2.45, 2.75) is 18.8 Å². The second-order valence-electron chi connectivity index (χ2n) is 8.10. The lowest BCUT2D eigenvalue weighted by Gasteiger charge is -2.37. The molecular formula is C23H21ClN6O. The molecule has 0 unspecified atom stereocenters. The second kappa shape index (κ2) is 7.50. The number of rotatable bonds is 4. The first kappa shape index (κ1) is 18.6. The van der Waals surface area contributed by atoms with Crippen molar-refractivity contribution in [3.8, 4) is 11.6 Å². The summed E-state index contributed by atoms with van der Waals surface area (Å²) in [5.41, 5.74) is 1.84. The van der Waals surface area contributed by atoms with E-state index in [1.165, 1.54) is 5.69 Å². The lowest BCUT2D eigenvalue weighted by atomic mass is 10.1. The summed E-state index contributed by atoms with van der Waals surface area (Å²) in [5.74, 6) is 2.57. The van der Waals surface area contributed by atoms with E-state index >= 15 is 0 Å². The molecule has 1 saturated carbocycles. The van der Waals surface area contributed by atoms with Crippen LogP contribution in [0, 0.1) is 0 Å². The van der Waals surface area contributed by atoms with Crippen LogP contribution in [-0.2, 0) is 0 Å². The molecule has 7 nitrogen and oxygen atoms in total. The Morgan fingerprint density at radius 3 is 2.29 bits per heavy atom. The van der Waals surface area contributed by atoms with E-state index in [1.807, 2.05) is 30.3 Å². The number of benzene rings is 2. The number of hydrogen-bond acceptors (Lipinski definition) is 7. The molecule has 0 spiro atoms. The van der Waals surface area contributed by atoms with Gasteiger partial charge in [-0.1, -0.05) is 41.0 Å². The fourth-order valence-electron chi connectivity index (χ4n) is 4.15. The fraction of sp³-hybridized carbons (Fsp3) is 0.304. The van der Waals surface area contributed by atoms with Crippen LogP contribution in [0.3, 0.4) is 0 Å². The average Bonchev–Trinajstić information content (AvgIpc) is 3.56. The molecular weight excluding hydrogens is 412 g/mol. The molecule has 6 rings (SSSR count). The van der Waals surface area contributed by atoms with E-state index in [0.29, 0.717) is 17.5 Å². The van der Waals surface area contributed by atoms with Crippen LogP contribution in [-0.4, -0.2) is 46.5 Å². The zero-order valence-corrected chi connectivity index (χ0v) is 17.7. The Balaban J connectivity index is 1.28. The fourth-order valence-corrected chi connectivity index (χ4v) is 4.27. The van der Waals surface area contributed by atoms with Crippen molar-refractivity contribution in [3.63, 3.8) is 0 Å². The lowest BCUT2D eigenvalue weighted by molar-refractivity contribution is 0.421. The SMILES string of the molecule is Clc1ccc(N2CCN(c3nnc(-c4nc(C5CC5)no4)c4ccccc34)CC2)cc1. The Labute approximate surface area is 184 Å². The maximum atomic E-state index is 6.03. The van der Waals surface area contributed by atoms with E-state index in [-0.39, 0.29) is 0 Å². The Morgan fingerprint density at radius 1 is 0.839 bits per heavy atom. The van der Waals surface area contributed by atoms with Crippen molar-refractivity contribution in [2.24, 2.45) is 0 Å². The van der Waals surface area contributed by atoms with Gasteiger partial charge in [-0.3, -0.25) is 0 Å². The van der Waals surface area contributed by atoms with E-state index < -0.39 is 0 Å². The first-order valence-corrected chi connectivity index (χ1v) is 11.0. The van der Waals surface area contributed by atoms with Crippen LogP contribution in [0.2, 0.25) is 5.02 Å². The first-order chi connectivity index (χ1) is 15.3. The highest BCUT2D eigenvalue weighted by Gasteiger charge is 2.30. The molecule has 3 heterocycles. The summed E-state index contributed by atoms with van der Waals surface area (Å²) in [4.78, 5) is 9.24. The maximum Gasteiger partial charge on any atom is 0.279 e. The number of hydrogen-bond donors (Lipinski definition) is 0. The monoisotopic (exact) mass is 432 g/mol. The van der Waals surface area contributed by atoms with Crippen molar-refractivity contribution in [1.82, 2.24) is 20.3 Å². The van der Waals surface area contributed by atoms with Crippen LogP contribution in [0.5, 0.6) is 0 Å². The molecule has 0 radical (unpaired) electrons. The van der Waals surface area contributed by atoms with Gasteiger partial charge in [-0.05, 0) is 37.1 Å². The molecule has 0 atom stereocenters. The van der Waals surface area contributed by atoms with Gasteiger partial charge in [0.1, 0.15) is 0 Å². The zero-order valence-electron chi connectivity index (χ0n) is 16.9. The van der Waals surface area contributed by atoms with Gasteiger partial charge in [0, 0.05) is 53.6 Å². The third kappa shape index (κ3) is 3.49. The number of halogens is 1. The van der Waals surface area contributed by atoms with Crippen molar-refractivity contribution in [1.29, 1.82) is 0 Å². The summed E-state index contributed by atoms with van der Waals surface area (Å²) >= 11 is 6.03. The summed E-state index contributed by atoms with van der Waals surface area (Å²) in [7, 11) is 0. The quantitative estimate of drug-likeness (QED) is 0.469. The molecule has 2 aromatic carbocycles. The van der Waals surface area contributed by atoms with Crippen LogP contribution in [0.4, 0.5) is 11.5 Å². The molecule has 2 aliphatic rings. The minimum absolute atomic E-state index is 0.438. The van der Waals surface area contributed by atoms with Gasteiger partial charge in [0.25, 0.3) is 5.89 Å². The molecule has 1 saturated heterocycles. The van der Waals surface area contributed by atoms with Gasteiger partial charge >= 0.3 is 0 Å². The third-order valence-corrected chi connectivity index (χ3v) is 6.28. The molecule has 2 fully saturated rings. The summed E-state index contributed by atoms with van der Waals surface area (Å²) < 4.78 is 5.52. The van der Waals surface area contributed by atoms with Gasteiger partial charge in [-0.2, -0.15) is 4.98 Å². The summed E-state index contributed by atoms with van der Waals surface area (Å²) in [6.45, 7) is 3.56. The predicted octanol–water partition coefficient (Wildman–Crippen LogP) is 4.54. The highest BCUT2D eigenvalue weighted by Crippen LogP contribution is 2.39. The summed E-state index contributed by atoms with van der Waals surface area (Å²) in [5, 5.41) is 16.1. The molecule has 4 aromatic rings. The smallest absolute Gasteiger partial charge is 0.279 e. The summed E-state index contributed by atoms with van der Waals surface area (Å²) in [6.07, 6.45) is 2.26.